The Bertz CT molecular complexity index is 327. The molecule has 2 nitrogen and oxygen atoms in total. The normalized spacial score (nSPS) is 25.7. The van der Waals surface area contributed by atoms with Crippen LogP contribution in [0.1, 0.15) is 31.7 Å². The zero-order valence-corrected chi connectivity index (χ0v) is 9.80. The molecule has 15 heavy (non-hydrogen) atoms. The summed E-state index contributed by atoms with van der Waals surface area (Å²) in [5.74, 6) is 0.797. The highest BCUT2D eigenvalue weighted by Gasteiger charge is 2.22. The van der Waals surface area contributed by atoms with Crippen LogP contribution in [0.25, 0.3) is 0 Å². The van der Waals surface area contributed by atoms with Crippen molar-refractivity contribution in [1.82, 2.24) is 10.3 Å². The van der Waals surface area contributed by atoms with Gasteiger partial charge in [0.25, 0.3) is 0 Å². The van der Waals surface area contributed by atoms with E-state index in [1.165, 1.54) is 19.3 Å². The van der Waals surface area contributed by atoms with Crippen molar-refractivity contribution in [3.8, 4) is 0 Å². The minimum atomic E-state index is 0.661. The van der Waals surface area contributed by atoms with Gasteiger partial charge in [-0.15, -0.1) is 0 Å². The molecular formula is C12H17ClN2. The van der Waals surface area contributed by atoms with Gasteiger partial charge < -0.3 is 5.32 Å². The summed E-state index contributed by atoms with van der Waals surface area (Å²) in [7, 11) is 0. The van der Waals surface area contributed by atoms with E-state index in [0.29, 0.717) is 6.04 Å². The number of rotatable bonds is 3. The van der Waals surface area contributed by atoms with E-state index in [1.807, 2.05) is 6.07 Å². The molecule has 0 amide bonds. The van der Waals surface area contributed by atoms with Gasteiger partial charge in [0.15, 0.2) is 0 Å². The molecule has 1 saturated carbocycles. The Labute approximate surface area is 96.1 Å². The predicted molar refractivity (Wildman–Crippen MR) is 62.9 cm³/mol. The standard InChI is InChI=1S/C12H17ClN2/c1-9-3-2-4-12(9)15-7-10-5-6-14-8-11(10)13/h5-6,8-9,12,15H,2-4,7H2,1H3. The van der Waals surface area contributed by atoms with Gasteiger partial charge in [0.1, 0.15) is 0 Å². The average molecular weight is 225 g/mol. The molecule has 0 aromatic carbocycles. The maximum absolute atomic E-state index is 6.04. The molecule has 0 aliphatic heterocycles. The van der Waals surface area contributed by atoms with E-state index in [9.17, 15) is 0 Å². The lowest BCUT2D eigenvalue weighted by atomic mass is 10.1. The predicted octanol–water partition coefficient (Wildman–Crippen LogP) is 3.01. The molecular weight excluding hydrogens is 208 g/mol. The molecule has 1 aromatic rings. The molecule has 2 unspecified atom stereocenters. The fraction of sp³-hybridized carbons (Fsp3) is 0.583. The van der Waals surface area contributed by atoms with Gasteiger partial charge in [0.05, 0.1) is 5.02 Å². The lowest BCUT2D eigenvalue weighted by Gasteiger charge is -2.17. The van der Waals surface area contributed by atoms with Gasteiger partial charge in [-0.25, -0.2) is 0 Å². The summed E-state index contributed by atoms with van der Waals surface area (Å²) in [5.41, 5.74) is 1.14. The van der Waals surface area contributed by atoms with Crippen LogP contribution < -0.4 is 5.32 Å². The number of pyridine rings is 1. The topological polar surface area (TPSA) is 24.9 Å². The van der Waals surface area contributed by atoms with E-state index in [1.54, 1.807) is 12.4 Å². The third-order valence-corrected chi connectivity index (χ3v) is 3.61. The van der Waals surface area contributed by atoms with Gasteiger partial charge in [0, 0.05) is 25.0 Å². The zero-order valence-electron chi connectivity index (χ0n) is 9.04. The first-order valence-electron chi connectivity index (χ1n) is 5.59. The van der Waals surface area contributed by atoms with Crippen molar-refractivity contribution in [3.05, 3.63) is 29.0 Å². The van der Waals surface area contributed by atoms with Crippen LogP contribution in [0.5, 0.6) is 0 Å². The van der Waals surface area contributed by atoms with Crippen molar-refractivity contribution < 1.29 is 0 Å². The third-order valence-electron chi connectivity index (χ3n) is 3.27. The maximum Gasteiger partial charge on any atom is 0.0634 e. The Kier molecular flexibility index (Phi) is 3.60. The number of hydrogen-bond acceptors (Lipinski definition) is 2. The Morgan fingerprint density at radius 2 is 2.40 bits per heavy atom. The second-order valence-corrected chi connectivity index (χ2v) is 4.77. The van der Waals surface area contributed by atoms with Crippen LogP contribution in [-0.4, -0.2) is 11.0 Å². The van der Waals surface area contributed by atoms with E-state index in [4.69, 9.17) is 11.6 Å². The fourth-order valence-corrected chi connectivity index (χ4v) is 2.42. The zero-order chi connectivity index (χ0) is 10.7. The number of aromatic nitrogens is 1. The maximum atomic E-state index is 6.04. The monoisotopic (exact) mass is 224 g/mol. The van der Waals surface area contributed by atoms with Crippen molar-refractivity contribution in [2.45, 2.75) is 38.8 Å². The summed E-state index contributed by atoms with van der Waals surface area (Å²) in [4.78, 5) is 3.98. The molecule has 1 aliphatic carbocycles. The van der Waals surface area contributed by atoms with Gasteiger partial charge in [-0.3, -0.25) is 4.98 Å². The molecule has 1 aromatic heterocycles. The molecule has 2 rings (SSSR count). The van der Waals surface area contributed by atoms with Crippen LogP contribution >= 0.6 is 11.6 Å². The number of hydrogen-bond donors (Lipinski definition) is 1. The van der Waals surface area contributed by atoms with Crippen LogP contribution in [0.4, 0.5) is 0 Å². The van der Waals surface area contributed by atoms with E-state index in [-0.39, 0.29) is 0 Å². The van der Waals surface area contributed by atoms with E-state index in [0.717, 1.165) is 23.0 Å². The quantitative estimate of drug-likeness (QED) is 0.854. The van der Waals surface area contributed by atoms with Gasteiger partial charge >= 0.3 is 0 Å². The molecule has 1 fully saturated rings. The first-order chi connectivity index (χ1) is 7.27. The molecule has 1 heterocycles. The van der Waals surface area contributed by atoms with Gasteiger partial charge in [-0.1, -0.05) is 24.9 Å². The number of halogens is 1. The van der Waals surface area contributed by atoms with Gasteiger partial charge in [0.2, 0.25) is 0 Å². The molecule has 0 spiro atoms. The summed E-state index contributed by atoms with van der Waals surface area (Å²) in [5, 5.41) is 4.34. The minimum Gasteiger partial charge on any atom is -0.310 e. The average Bonchev–Trinajstić information content (AvgIpc) is 2.63. The van der Waals surface area contributed by atoms with Crippen molar-refractivity contribution in [1.29, 1.82) is 0 Å². The summed E-state index contributed by atoms with van der Waals surface area (Å²) in [6, 6.07) is 2.64. The number of nitrogens with one attached hydrogen (secondary N) is 1. The summed E-state index contributed by atoms with van der Waals surface area (Å²) >= 11 is 6.04. The molecule has 3 heteroatoms. The van der Waals surface area contributed by atoms with Crippen LogP contribution in [0.3, 0.4) is 0 Å². The molecule has 1 N–H and O–H groups in total. The molecule has 2 atom stereocenters. The van der Waals surface area contributed by atoms with E-state index in [2.05, 4.69) is 17.2 Å². The molecule has 82 valence electrons. The Hall–Kier alpha value is -0.600. The second kappa shape index (κ2) is 4.95. The second-order valence-electron chi connectivity index (χ2n) is 4.36. The SMILES string of the molecule is CC1CCCC1NCc1ccncc1Cl. The van der Waals surface area contributed by atoms with Crippen LogP contribution in [0, 0.1) is 5.92 Å². The first kappa shape index (κ1) is 10.9. The fourth-order valence-electron chi connectivity index (χ4n) is 2.24. The number of nitrogens with zero attached hydrogens (tertiary/aromatic N) is 1. The Balaban J connectivity index is 1.90. The lowest BCUT2D eigenvalue weighted by molar-refractivity contribution is 0.426. The minimum absolute atomic E-state index is 0.661. The molecule has 0 saturated heterocycles. The van der Waals surface area contributed by atoms with Crippen LogP contribution in [0.15, 0.2) is 18.5 Å². The van der Waals surface area contributed by atoms with Gasteiger partial charge in [-0.05, 0) is 30.4 Å². The molecule has 0 bridgehead atoms. The summed E-state index contributed by atoms with van der Waals surface area (Å²) < 4.78 is 0. The summed E-state index contributed by atoms with van der Waals surface area (Å²) in [6.45, 7) is 3.18. The first-order valence-corrected chi connectivity index (χ1v) is 5.97. The van der Waals surface area contributed by atoms with Crippen LogP contribution in [0.2, 0.25) is 5.02 Å². The van der Waals surface area contributed by atoms with Gasteiger partial charge in [-0.2, -0.15) is 0 Å². The highest BCUT2D eigenvalue weighted by molar-refractivity contribution is 6.31. The molecule has 0 radical (unpaired) electrons. The van der Waals surface area contributed by atoms with E-state index >= 15 is 0 Å². The Morgan fingerprint density at radius 1 is 1.53 bits per heavy atom. The van der Waals surface area contributed by atoms with Crippen molar-refractivity contribution in [2.24, 2.45) is 5.92 Å². The van der Waals surface area contributed by atoms with Crippen molar-refractivity contribution in [2.75, 3.05) is 0 Å². The summed E-state index contributed by atoms with van der Waals surface area (Å²) in [6.07, 6.45) is 7.49. The smallest absolute Gasteiger partial charge is 0.0634 e. The van der Waals surface area contributed by atoms with Crippen molar-refractivity contribution in [3.63, 3.8) is 0 Å². The highest BCUT2D eigenvalue weighted by atomic mass is 35.5. The third kappa shape index (κ3) is 2.70. The van der Waals surface area contributed by atoms with E-state index < -0.39 is 0 Å². The Morgan fingerprint density at radius 3 is 3.07 bits per heavy atom. The van der Waals surface area contributed by atoms with Crippen LogP contribution in [-0.2, 0) is 6.54 Å². The van der Waals surface area contributed by atoms with Crippen molar-refractivity contribution >= 4 is 11.6 Å². The highest BCUT2D eigenvalue weighted by Crippen LogP contribution is 2.25. The largest absolute Gasteiger partial charge is 0.310 e. The molecule has 1 aliphatic rings. The lowest BCUT2D eigenvalue weighted by Crippen LogP contribution is -2.30.